The van der Waals surface area contributed by atoms with Crippen LogP contribution in [0, 0.1) is 5.92 Å². The highest BCUT2D eigenvalue weighted by atomic mass is 16.5. The Morgan fingerprint density at radius 2 is 2.33 bits per heavy atom. The van der Waals surface area contributed by atoms with Crippen LogP contribution in [-0.2, 0) is 6.54 Å². The first-order valence-electron chi connectivity index (χ1n) is 6.88. The van der Waals surface area contributed by atoms with Crippen molar-refractivity contribution in [2.24, 2.45) is 5.92 Å². The van der Waals surface area contributed by atoms with Gasteiger partial charge in [-0.25, -0.2) is 0 Å². The van der Waals surface area contributed by atoms with E-state index in [9.17, 15) is 0 Å². The molecule has 5 nitrogen and oxygen atoms in total. The largest absolute Gasteiger partial charge is 0.339 e. The molecule has 2 rings (SSSR count). The fourth-order valence-electron chi connectivity index (χ4n) is 2.52. The molecule has 1 unspecified atom stereocenters. The minimum absolute atomic E-state index is 0.310. The van der Waals surface area contributed by atoms with Crippen LogP contribution in [0.25, 0.3) is 0 Å². The van der Waals surface area contributed by atoms with Gasteiger partial charge in [0.15, 0.2) is 5.82 Å². The molecule has 1 aliphatic heterocycles. The van der Waals surface area contributed by atoms with E-state index < -0.39 is 0 Å². The summed E-state index contributed by atoms with van der Waals surface area (Å²) in [6.07, 6.45) is 2.59. The SMILES string of the molecule is CNCC1CCCN(Cc2noc(C(C)C)n2)C1. The van der Waals surface area contributed by atoms with Crippen LogP contribution in [0.1, 0.15) is 44.3 Å². The van der Waals surface area contributed by atoms with Gasteiger partial charge in [-0.05, 0) is 38.9 Å². The maximum absolute atomic E-state index is 5.24. The molecule has 0 aromatic carbocycles. The van der Waals surface area contributed by atoms with E-state index >= 15 is 0 Å². The number of hydrogen-bond donors (Lipinski definition) is 1. The molecule has 0 spiro atoms. The summed E-state index contributed by atoms with van der Waals surface area (Å²) < 4.78 is 5.24. The summed E-state index contributed by atoms with van der Waals surface area (Å²) in [6.45, 7) is 8.33. The van der Waals surface area contributed by atoms with Crippen molar-refractivity contribution in [3.05, 3.63) is 11.7 Å². The van der Waals surface area contributed by atoms with E-state index in [1.165, 1.54) is 12.8 Å². The number of rotatable bonds is 5. The fraction of sp³-hybridized carbons (Fsp3) is 0.846. The molecule has 0 radical (unpaired) electrons. The Hall–Kier alpha value is -0.940. The van der Waals surface area contributed by atoms with Gasteiger partial charge in [-0.2, -0.15) is 4.98 Å². The minimum atomic E-state index is 0.310. The van der Waals surface area contributed by atoms with Crippen LogP contribution in [0.4, 0.5) is 0 Å². The van der Waals surface area contributed by atoms with Crippen molar-refractivity contribution in [3.8, 4) is 0 Å². The molecule has 0 aliphatic carbocycles. The zero-order chi connectivity index (χ0) is 13.0. The van der Waals surface area contributed by atoms with Crippen molar-refractivity contribution in [1.82, 2.24) is 20.4 Å². The van der Waals surface area contributed by atoms with Crippen molar-refractivity contribution in [3.63, 3.8) is 0 Å². The molecule has 1 aromatic rings. The second-order valence-corrected chi connectivity index (χ2v) is 5.50. The third kappa shape index (κ3) is 3.53. The first-order chi connectivity index (χ1) is 8.69. The molecule has 1 N–H and O–H groups in total. The van der Waals surface area contributed by atoms with Crippen LogP contribution in [0.2, 0.25) is 0 Å². The third-order valence-corrected chi connectivity index (χ3v) is 3.44. The second-order valence-electron chi connectivity index (χ2n) is 5.50. The zero-order valence-corrected chi connectivity index (χ0v) is 11.6. The Labute approximate surface area is 109 Å². The van der Waals surface area contributed by atoms with Crippen molar-refractivity contribution >= 4 is 0 Å². The summed E-state index contributed by atoms with van der Waals surface area (Å²) >= 11 is 0. The Morgan fingerprint density at radius 3 is 3.00 bits per heavy atom. The molecule has 1 aliphatic rings. The molecular formula is C13H24N4O. The average molecular weight is 252 g/mol. The molecule has 0 saturated carbocycles. The van der Waals surface area contributed by atoms with E-state index in [4.69, 9.17) is 4.52 Å². The minimum Gasteiger partial charge on any atom is -0.339 e. The van der Waals surface area contributed by atoms with E-state index in [0.717, 1.165) is 43.8 Å². The topological polar surface area (TPSA) is 54.2 Å². The van der Waals surface area contributed by atoms with Gasteiger partial charge >= 0.3 is 0 Å². The van der Waals surface area contributed by atoms with E-state index in [-0.39, 0.29) is 0 Å². The molecule has 18 heavy (non-hydrogen) atoms. The first kappa shape index (κ1) is 13.5. The lowest BCUT2D eigenvalue weighted by Crippen LogP contribution is -2.38. The zero-order valence-electron chi connectivity index (χ0n) is 11.6. The fourth-order valence-corrected chi connectivity index (χ4v) is 2.52. The summed E-state index contributed by atoms with van der Waals surface area (Å²) in [4.78, 5) is 6.87. The molecule has 1 saturated heterocycles. The van der Waals surface area contributed by atoms with E-state index in [1.807, 2.05) is 7.05 Å². The number of hydrogen-bond acceptors (Lipinski definition) is 5. The molecule has 1 atom stereocenters. The molecule has 1 aromatic heterocycles. The highest BCUT2D eigenvalue weighted by molar-refractivity contribution is 4.91. The van der Waals surface area contributed by atoms with Crippen LogP contribution >= 0.6 is 0 Å². The quantitative estimate of drug-likeness (QED) is 0.863. The molecular weight excluding hydrogens is 228 g/mol. The standard InChI is InChI=1S/C13H24N4O/c1-10(2)13-15-12(16-18-13)9-17-6-4-5-11(8-17)7-14-3/h10-11,14H,4-9H2,1-3H3. The summed E-state index contributed by atoms with van der Waals surface area (Å²) in [6, 6.07) is 0. The summed E-state index contributed by atoms with van der Waals surface area (Å²) in [5.41, 5.74) is 0. The Morgan fingerprint density at radius 1 is 1.50 bits per heavy atom. The van der Waals surface area contributed by atoms with E-state index in [1.54, 1.807) is 0 Å². The van der Waals surface area contributed by atoms with E-state index in [2.05, 4.69) is 34.2 Å². The smallest absolute Gasteiger partial charge is 0.229 e. The number of nitrogens with zero attached hydrogens (tertiary/aromatic N) is 3. The van der Waals surface area contributed by atoms with Crippen LogP contribution in [0.5, 0.6) is 0 Å². The van der Waals surface area contributed by atoms with Gasteiger partial charge in [-0.15, -0.1) is 0 Å². The Kier molecular flexibility index (Phi) is 4.72. The number of nitrogens with one attached hydrogen (secondary N) is 1. The van der Waals surface area contributed by atoms with Gasteiger partial charge in [0.25, 0.3) is 0 Å². The lowest BCUT2D eigenvalue weighted by Gasteiger charge is -2.31. The lowest BCUT2D eigenvalue weighted by atomic mass is 9.98. The van der Waals surface area contributed by atoms with Gasteiger partial charge in [0.2, 0.25) is 5.89 Å². The average Bonchev–Trinajstić information content (AvgIpc) is 2.78. The van der Waals surface area contributed by atoms with Crippen molar-refractivity contribution in [2.45, 2.75) is 39.2 Å². The molecule has 1 fully saturated rings. The first-order valence-corrected chi connectivity index (χ1v) is 6.88. The van der Waals surface area contributed by atoms with Crippen LogP contribution in [-0.4, -0.2) is 41.7 Å². The highest BCUT2D eigenvalue weighted by Gasteiger charge is 2.21. The van der Waals surface area contributed by atoms with Crippen molar-refractivity contribution in [1.29, 1.82) is 0 Å². The Bertz CT molecular complexity index is 362. The van der Waals surface area contributed by atoms with Crippen molar-refractivity contribution in [2.75, 3.05) is 26.7 Å². The number of piperidine rings is 1. The molecule has 0 amide bonds. The summed E-state index contributed by atoms with van der Waals surface area (Å²) in [5.74, 6) is 2.63. The monoisotopic (exact) mass is 252 g/mol. The molecule has 5 heteroatoms. The van der Waals surface area contributed by atoms with Crippen LogP contribution in [0.15, 0.2) is 4.52 Å². The van der Waals surface area contributed by atoms with Crippen LogP contribution < -0.4 is 5.32 Å². The van der Waals surface area contributed by atoms with Gasteiger partial charge in [0.05, 0.1) is 6.54 Å². The van der Waals surface area contributed by atoms with Gasteiger partial charge in [0.1, 0.15) is 0 Å². The highest BCUT2D eigenvalue weighted by Crippen LogP contribution is 2.18. The summed E-state index contributed by atoms with van der Waals surface area (Å²) in [7, 11) is 2.02. The van der Waals surface area contributed by atoms with Gasteiger partial charge in [0, 0.05) is 12.5 Å². The van der Waals surface area contributed by atoms with Crippen LogP contribution in [0.3, 0.4) is 0 Å². The Balaban J connectivity index is 1.87. The van der Waals surface area contributed by atoms with E-state index in [0.29, 0.717) is 5.92 Å². The number of aromatic nitrogens is 2. The molecule has 2 heterocycles. The molecule has 0 bridgehead atoms. The van der Waals surface area contributed by atoms with Gasteiger partial charge in [-0.1, -0.05) is 19.0 Å². The predicted octanol–water partition coefficient (Wildman–Crippen LogP) is 1.62. The normalized spacial score (nSPS) is 21.7. The van der Waals surface area contributed by atoms with Gasteiger partial charge < -0.3 is 9.84 Å². The maximum atomic E-state index is 5.24. The van der Waals surface area contributed by atoms with Crippen molar-refractivity contribution < 1.29 is 4.52 Å². The maximum Gasteiger partial charge on any atom is 0.229 e. The summed E-state index contributed by atoms with van der Waals surface area (Å²) in [5, 5.41) is 7.32. The molecule has 102 valence electrons. The number of likely N-dealkylation sites (tertiary alicyclic amines) is 1. The predicted molar refractivity (Wildman–Crippen MR) is 70.3 cm³/mol. The lowest BCUT2D eigenvalue weighted by molar-refractivity contribution is 0.162. The second kappa shape index (κ2) is 6.29. The van der Waals surface area contributed by atoms with Gasteiger partial charge in [-0.3, -0.25) is 4.90 Å². The third-order valence-electron chi connectivity index (χ3n) is 3.44.